The van der Waals surface area contributed by atoms with Gasteiger partial charge in [-0.15, -0.1) is 18.2 Å². The SMILES string of the molecule is Cn1c(-c2[c-]ccc3c2oc2nc(-c4ccccc4)ccc23)nc2ccncc21.[2H]C([2H])([2H])c1c[c-]c(-c2cc(C([2H])([2H])C(C)(C)C)[c]([Ge]([CH3])([CH3])[CH3])cn2)cc1.[Ir]. The monoisotopic (exact) mass is 929 g/mol. The van der Waals surface area contributed by atoms with Gasteiger partial charge in [0.2, 0.25) is 5.71 Å². The van der Waals surface area contributed by atoms with E-state index in [9.17, 15) is 0 Å². The average Bonchev–Trinajstić information content (AvgIpc) is 3.71. The minimum atomic E-state index is -2.36. The summed E-state index contributed by atoms with van der Waals surface area (Å²) in [6, 6.07) is 32.9. The van der Waals surface area contributed by atoms with E-state index >= 15 is 0 Å². The topological polar surface area (TPSA) is 69.6 Å². The van der Waals surface area contributed by atoms with E-state index in [1.807, 2.05) is 105 Å². The number of hydrogen-bond acceptors (Lipinski definition) is 5. The number of rotatable bonds is 5. The Hall–Kier alpha value is -4.43. The Bertz CT molecular complexity index is 2700. The number of hydrogen-bond donors (Lipinski definition) is 0. The van der Waals surface area contributed by atoms with Crippen molar-refractivity contribution in [3.05, 3.63) is 127 Å². The van der Waals surface area contributed by atoms with Gasteiger partial charge >= 0.3 is 145 Å². The van der Waals surface area contributed by atoms with Crippen LogP contribution in [-0.2, 0) is 33.5 Å². The summed E-state index contributed by atoms with van der Waals surface area (Å²) in [7, 11) is 1.98. The normalized spacial score (nSPS) is 13.7. The Kier molecular flexibility index (Phi) is 8.92. The molecule has 6 nitrogen and oxygen atoms in total. The molecule has 1 radical (unpaired) electrons. The second-order valence-electron chi connectivity index (χ2n) is 14.7. The minimum absolute atomic E-state index is 0. The van der Waals surface area contributed by atoms with Crippen molar-refractivity contribution in [1.29, 1.82) is 0 Å². The van der Waals surface area contributed by atoms with Gasteiger partial charge < -0.3 is 8.98 Å². The fourth-order valence-corrected chi connectivity index (χ4v) is 9.03. The molecule has 0 N–H and O–H groups in total. The molecule has 8 heteroatoms. The zero-order valence-corrected chi connectivity index (χ0v) is 34.8. The van der Waals surface area contributed by atoms with Crippen LogP contribution < -0.4 is 4.40 Å². The minimum Gasteiger partial charge on any atom is 0 e. The summed E-state index contributed by atoms with van der Waals surface area (Å²) in [6.07, 6.45) is 3.87. The molecular formula is C44H43GeIrN5O-2. The van der Waals surface area contributed by atoms with Crippen molar-refractivity contribution in [2.75, 3.05) is 0 Å². The maximum absolute atomic E-state index is 8.80. The molecule has 265 valence electrons. The van der Waals surface area contributed by atoms with Crippen molar-refractivity contribution in [2.45, 2.75) is 51.3 Å². The molecule has 0 spiro atoms. The second kappa shape index (κ2) is 14.9. The number of aryl methyl sites for hydroxylation is 2. The van der Waals surface area contributed by atoms with Crippen LogP contribution in [0.1, 0.15) is 38.8 Å². The summed E-state index contributed by atoms with van der Waals surface area (Å²) in [5, 5.41) is 1.99. The molecule has 0 saturated heterocycles. The van der Waals surface area contributed by atoms with Crippen molar-refractivity contribution in [3.8, 4) is 33.9 Å². The Labute approximate surface area is 329 Å². The van der Waals surface area contributed by atoms with Gasteiger partial charge in [0, 0.05) is 44.3 Å². The predicted octanol–water partition coefficient (Wildman–Crippen LogP) is 10.4. The van der Waals surface area contributed by atoms with Gasteiger partial charge in [0.25, 0.3) is 0 Å². The standard InChI is InChI=1S/C24H15N4O.C20H28GeN.Ir/c1-28-21-14-25-13-12-20(21)26-23(28)18-9-5-8-16-17-10-11-19(15-6-3-2-4-7-15)27-24(17)29-22(16)18;1-15-8-10-16(11-9-15)19-12-17(13-20(2,3)4)18(14-22-19)21(5,6)7;/h2-8,10-14H,1H3;8-10,12,14H,13H2,1-7H3;/q2*-1;/i;1D3,13D2;. The van der Waals surface area contributed by atoms with E-state index in [1.165, 1.54) is 6.07 Å². The molecule has 0 amide bonds. The first-order chi connectivity index (χ1) is 26.3. The van der Waals surface area contributed by atoms with Crippen LogP contribution in [0.25, 0.3) is 67.0 Å². The van der Waals surface area contributed by atoms with Crippen molar-refractivity contribution < 1.29 is 31.4 Å². The first kappa shape index (κ1) is 31.1. The van der Waals surface area contributed by atoms with Crippen LogP contribution in [0.5, 0.6) is 0 Å². The number of imidazole rings is 1. The molecule has 0 unspecified atom stereocenters. The van der Waals surface area contributed by atoms with Crippen LogP contribution >= 0.6 is 0 Å². The van der Waals surface area contributed by atoms with Gasteiger partial charge in [-0.2, -0.15) is 0 Å². The van der Waals surface area contributed by atoms with E-state index in [2.05, 4.69) is 45.4 Å². The summed E-state index contributed by atoms with van der Waals surface area (Å²) in [5.41, 5.74) is 7.63. The molecule has 8 rings (SSSR count). The summed E-state index contributed by atoms with van der Waals surface area (Å²) >= 11 is -2.36. The fraction of sp³-hybridized carbons (Fsp3) is 0.227. The number of aromatic nitrogens is 5. The predicted molar refractivity (Wildman–Crippen MR) is 213 cm³/mol. The number of pyridine rings is 3. The van der Waals surface area contributed by atoms with E-state index in [0.717, 1.165) is 54.4 Å². The largest absolute Gasteiger partial charge is 0 e. The molecule has 52 heavy (non-hydrogen) atoms. The Morgan fingerprint density at radius 2 is 1.71 bits per heavy atom. The molecule has 0 fully saturated rings. The van der Waals surface area contributed by atoms with E-state index < -0.39 is 31.9 Å². The maximum Gasteiger partial charge on any atom is 0 e. The molecule has 0 aliphatic carbocycles. The maximum atomic E-state index is 8.80. The molecule has 5 heterocycles. The van der Waals surface area contributed by atoms with Gasteiger partial charge in [-0.25, -0.2) is 4.98 Å². The van der Waals surface area contributed by atoms with Crippen LogP contribution in [0, 0.1) is 24.4 Å². The second-order valence-corrected chi connectivity index (χ2v) is 25.3. The van der Waals surface area contributed by atoms with Crippen LogP contribution in [-0.4, -0.2) is 37.8 Å². The molecular weight excluding hydrogens is 879 g/mol. The average molecular weight is 928 g/mol. The summed E-state index contributed by atoms with van der Waals surface area (Å²) < 4.78 is 49.4. The summed E-state index contributed by atoms with van der Waals surface area (Å²) in [5.74, 6) is 7.49. The first-order valence-corrected chi connectivity index (χ1v) is 24.3. The van der Waals surface area contributed by atoms with Crippen molar-refractivity contribution in [3.63, 3.8) is 0 Å². The van der Waals surface area contributed by atoms with Crippen molar-refractivity contribution >= 4 is 50.8 Å². The van der Waals surface area contributed by atoms with E-state index in [1.54, 1.807) is 18.3 Å². The number of fused-ring (bicyclic) bond motifs is 4. The molecule has 8 aromatic rings. The number of nitrogens with zero attached hydrogens (tertiary/aromatic N) is 5. The summed E-state index contributed by atoms with van der Waals surface area (Å²) in [4.78, 5) is 18.3. The smallest absolute Gasteiger partial charge is 0 e. The molecule has 0 atom stereocenters. The Morgan fingerprint density at radius 1 is 0.904 bits per heavy atom. The zero-order valence-electron chi connectivity index (χ0n) is 35.3. The van der Waals surface area contributed by atoms with E-state index in [-0.39, 0.29) is 25.7 Å². The van der Waals surface area contributed by atoms with Crippen molar-refractivity contribution in [1.82, 2.24) is 24.5 Å². The fourth-order valence-electron chi connectivity index (χ4n) is 6.11. The van der Waals surface area contributed by atoms with Gasteiger partial charge in [0.1, 0.15) is 0 Å². The molecule has 0 aliphatic rings. The third-order valence-electron chi connectivity index (χ3n) is 8.59. The van der Waals surface area contributed by atoms with Gasteiger partial charge in [-0.1, -0.05) is 41.3 Å². The molecule has 0 saturated carbocycles. The molecule has 0 bridgehead atoms. The van der Waals surface area contributed by atoms with Crippen LogP contribution in [0.2, 0.25) is 17.3 Å². The van der Waals surface area contributed by atoms with E-state index in [4.69, 9.17) is 21.2 Å². The number of benzene rings is 3. The van der Waals surface area contributed by atoms with Gasteiger partial charge in [-0.3, -0.25) is 9.97 Å². The van der Waals surface area contributed by atoms with Gasteiger partial charge in [0.05, 0.1) is 34.3 Å². The van der Waals surface area contributed by atoms with Crippen LogP contribution in [0.3, 0.4) is 0 Å². The Morgan fingerprint density at radius 3 is 2.40 bits per heavy atom. The zero-order chi connectivity index (χ0) is 40.2. The van der Waals surface area contributed by atoms with Crippen molar-refractivity contribution in [2.24, 2.45) is 12.5 Å². The quantitative estimate of drug-likeness (QED) is 0.127. The first-order valence-electron chi connectivity index (χ1n) is 19.4. The van der Waals surface area contributed by atoms with Gasteiger partial charge in [0.15, 0.2) is 0 Å². The van der Waals surface area contributed by atoms with E-state index in [0.29, 0.717) is 22.5 Å². The molecule has 0 aliphatic heterocycles. The van der Waals surface area contributed by atoms with Crippen LogP contribution in [0.15, 0.2) is 108 Å². The summed E-state index contributed by atoms with van der Waals surface area (Å²) in [6.45, 7) is 3.55. The molecule has 3 aromatic carbocycles. The van der Waals surface area contributed by atoms with Crippen LogP contribution in [0.4, 0.5) is 0 Å². The number of furan rings is 1. The Balaban J connectivity index is 0.000000190. The third kappa shape index (κ3) is 7.82. The van der Waals surface area contributed by atoms with Gasteiger partial charge in [-0.05, 0) is 18.2 Å². The third-order valence-corrected chi connectivity index (χ3v) is 12.8. The molecule has 5 aromatic heterocycles.